The molecule has 1 heterocycles. The second-order valence-corrected chi connectivity index (χ2v) is 4.30. The van der Waals surface area contributed by atoms with Gasteiger partial charge in [0, 0.05) is 18.5 Å². The van der Waals surface area contributed by atoms with E-state index in [-0.39, 0.29) is 0 Å². The van der Waals surface area contributed by atoms with Gasteiger partial charge in [0.15, 0.2) is 15.3 Å². The van der Waals surface area contributed by atoms with Gasteiger partial charge in [-0.05, 0) is 0 Å². The Labute approximate surface area is 66.2 Å². The molecule has 0 saturated carbocycles. The van der Waals surface area contributed by atoms with Crippen LogP contribution in [0.5, 0.6) is 0 Å². The summed E-state index contributed by atoms with van der Waals surface area (Å²) in [6.07, 6.45) is 0. The molecule has 5 heteroatoms. The molecule has 1 atom stereocenters. The minimum absolute atomic E-state index is 0.356. The second-order valence-electron chi connectivity index (χ2n) is 2.26. The van der Waals surface area contributed by atoms with E-state index in [1.54, 1.807) is 0 Å². The summed E-state index contributed by atoms with van der Waals surface area (Å²) in [4.78, 5) is 0. The maximum absolute atomic E-state index is 11.1. The molecule has 64 valence electrons. The minimum atomic E-state index is -3.24. The van der Waals surface area contributed by atoms with Gasteiger partial charge in [0.2, 0.25) is 0 Å². The monoisotopic (exact) mass is 177 g/mol. The highest BCUT2D eigenvalue weighted by Gasteiger charge is 2.24. The maximum Gasteiger partial charge on any atom is 0.199 e. The molecule has 1 rings (SSSR count). The van der Waals surface area contributed by atoms with Crippen molar-refractivity contribution in [2.45, 2.75) is 5.44 Å². The lowest BCUT2D eigenvalue weighted by Crippen LogP contribution is -2.42. The fourth-order valence-electron chi connectivity index (χ4n) is 0.860. The Hall–Kier alpha value is -0.390. The highest BCUT2D eigenvalue weighted by molar-refractivity contribution is 7.94. The number of sulfone groups is 1. The number of morpholine rings is 1. The van der Waals surface area contributed by atoms with E-state index in [4.69, 9.17) is 4.74 Å². The lowest BCUT2D eigenvalue weighted by molar-refractivity contribution is 0.0793. The van der Waals surface area contributed by atoms with Gasteiger partial charge in [0.25, 0.3) is 0 Å². The van der Waals surface area contributed by atoms with E-state index in [0.717, 1.165) is 5.41 Å². The van der Waals surface area contributed by atoms with E-state index in [0.29, 0.717) is 19.7 Å². The first-order valence-electron chi connectivity index (χ1n) is 3.35. The van der Waals surface area contributed by atoms with Crippen LogP contribution in [0.15, 0.2) is 12.0 Å². The average Bonchev–Trinajstić information content (AvgIpc) is 2.06. The topological polar surface area (TPSA) is 55.4 Å². The van der Waals surface area contributed by atoms with Gasteiger partial charge < -0.3 is 10.1 Å². The van der Waals surface area contributed by atoms with Crippen molar-refractivity contribution in [3.63, 3.8) is 0 Å². The number of hydrogen-bond acceptors (Lipinski definition) is 4. The zero-order valence-corrected chi connectivity index (χ0v) is 6.93. The molecule has 0 bridgehead atoms. The molecule has 0 radical (unpaired) electrons. The molecule has 1 fully saturated rings. The van der Waals surface area contributed by atoms with Crippen LogP contribution >= 0.6 is 0 Å². The summed E-state index contributed by atoms with van der Waals surface area (Å²) in [5, 5.41) is 3.86. The van der Waals surface area contributed by atoms with Gasteiger partial charge in [-0.25, -0.2) is 8.42 Å². The first-order valence-corrected chi connectivity index (χ1v) is 4.96. The molecule has 0 aromatic heterocycles. The summed E-state index contributed by atoms with van der Waals surface area (Å²) in [6, 6.07) is 0. The Morgan fingerprint density at radius 2 is 2.36 bits per heavy atom. The molecule has 0 spiro atoms. The molecule has 0 aromatic rings. The van der Waals surface area contributed by atoms with E-state index < -0.39 is 15.3 Å². The van der Waals surface area contributed by atoms with Gasteiger partial charge in [-0.3, -0.25) is 0 Å². The average molecular weight is 177 g/mol. The van der Waals surface area contributed by atoms with Crippen molar-refractivity contribution in [1.29, 1.82) is 0 Å². The number of hydrogen-bond donors (Lipinski definition) is 1. The van der Waals surface area contributed by atoms with Gasteiger partial charge >= 0.3 is 0 Å². The van der Waals surface area contributed by atoms with Crippen LogP contribution in [0.2, 0.25) is 0 Å². The number of rotatable bonds is 2. The van der Waals surface area contributed by atoms with Crippen molar-refractivity contribution < 1.29 is 13.2 Å². The molecule has 11 heavy (non-hydrogen) atoms. The van der Waals surface area contributed by atoms with Gasteiger partial charge in [-0.1, -0.05) is 6.58 Å². The van der Waals surface area contributed by atoms with Crippen molar-refractivity contribution in [3.8, 4) is 0 Å². The summed E-state index contributed by atoms with van der Waals surface area (Å²) in [6.45, 7) is 4.72. The molecular weight excluding hydrogens is 166 g/mol. The van der Waals surface area contributed by atoms with Gasteiger partial charge in [-0.2, -0.15) is 0 Å². The SMILES string of the molecule is C=CS(=O)(=O)C1CNCCO1. The molecule has 4 nitrogen and oxygen atoms in total. The summed E-state index contributed by atoms with van der Waals surface area (Å²) < 4.78 is 27.2. The zero-order valence-electron chi connectivity index (χ0n) is 6.12. The second kappa shape index (κ2) is 3.34. The van der Waals surface area contributed by atoms with E-state index in [9.17, 15) is 8.42 Å². The lowest BCUT2D eigenvalue weighted by atomic mass is 10.5. The Kier molecular flexibility index (Phi) is 2.64. The quantitative estimate of drug-likeness (QED) is 0.617. The highest BCUT2D eigenvalue weighted by Crippen LogP contribution is 2.06. The number of nitrogens with one attached hydrogen (secondary N) is 1. The standard InChI is InChI=1S/C6H11NO3S/c1-2-11(8,9)6-5-7-3-4-10-6/h2,6-7H,1,3-5H2. The van der Waals surface area contributed by atoms with Crippen LogP contribution in [-0.4, -0.2) is 33.6 Å². The van der Waals surface area contributed by atoms with Crippen LogP contribution in [-0.2, 0) is 14.6 Å². The van der Waals surface area contributed by atoms with E-state index >= 15 is 0 Å². The third kappa shape index (κ3) is 2.02. The molecule has 1 N–H and O–H groups in total. The summed E-state index contributed by atoms with van der Waals surface area (Å²) >= 11 is 0. The Balaban J connectivity index is 2.66. The van der Waals surface area contributed by atoms with E-state index in [1.807, 2.05) is 0 Å². The van der Waals surface area contributed by atoms with Crippen molar-refractivity contribution in [2.75, 3.05) is 19.7 Å². The van der Waals surface area contributed by atoms with Crippen molar-refractivity contribution >= 4 is 9.84 Å². The van der Waals surface area contributed by atoms with Gasteiger partial charge in [0.1, 0.15) is 0 Å². The first-order chi connectivity index (χ1) is 5.17. The van der Waals surface area contributed by atoms with Crippen LogP contribution in [0.25, 0.3) is 0 Å². The van der Waals surface area contributed by atoms with Crippen molar-refractivity contribution in [1.82, 2.24) is 5.32 Å². The smallest absolute Gasteiger partial charge is 0.199 e. The number of ether oxygens (including phenoxy) is 1. The molecule has 1 saturated heterocycles. The Bertz CT molecular complexity index is 228. The molecule has 0 aliphatic carbocycles. The van der Waals surface area contributed by atoms with Crippen LogP contribution in [0.1, 0.15) is 0 Å². The van der Waals surface area contributed by atoms with Crippen molar-refractivity contribution in [3.05, 3.63) is 12.0 Å². The third-order valence-electron chi connectivity index (χ3n) is 1.49. The van der Waals surface area contributed by atoms with E-state index in [2.05, 4.69) is 11.9 Å². The third-order valence-corrected chi connectivity index (χ3v) is 2.99. The molecular formula is C6H11NO3S. The summed E-state index contributed by atoms with van der Waals surface area (Å²) in [7, 11) is -3.24. The normalized spacial score (nSPS) is 26.4. The molecule has 1 unspecified atom stereocenters. The fourth-order valence-corrected chi connectivity index (χ4v) is 1.71. The first kappa shape index (κ1) is 8.70. The molecule has 0 amide bonds. The van der Waals surface area contributed by atoms with Crippen LogP contribution in [0, 0.1) is 0 Å². The van der Waals surface area contributed by atoms with Crippen LogP contribution in [0.3, 0.4) is 0 Å². The molecule has 1 aliphatic heterocycles. The molecule has 0 aromatic carbocycles. The highest BCUT2D eigenvalue weighted by atomic mass is 32.2. The predicted octanol–water partition coefficient (Wildman–Crippen LogP) is -0.509. The molecule has 1 aliphatic rings. The largest absolute Gasteiger partial charge is 0.359 e. The minimum Gasteiger partial charge on any atom is -0.359 e. The van der Waals surface area contributed by atoms with E-state index in [1.165, 1.54) is 0 Å². The van der Waals surface area contributed by atoms with Gasteiger partial charge in [0.05, 0.1) is 6.61 Å². The van der Waals surface area contributed by atoms with Crippen LogP contribution in [0.4, 0.5) is 0 Å². The summed E-state index contributed by atoms with van der Waals surface area (Å²) in [5.74, 6) is 0. The fraction of sp³-hybridized carbons (Fsp3) is 0.667. The van der Waals surface area contributed by atoms with Crippen molar-refractivity contribution in [2.24, 2.45) is 0 Å². The van der Waals surface area contributed by atoms with Crippen LogP contribution < -0.4 is 5.32 Å². The maximum atomic E-state index is 11.1. The zero-order chi connectivity index (χ0) is 8.32. The van der Waals surface area contributed by atoms with Gasteiger partial charge in [-0.15, -0.1) is 0 Å². The Morgan fingerprint density at radius 3 is 2.82 bits per heavy atom. The predicted molar refractivity (Wildman–Crippen MR) is 41.7 cm³/mol. The Morgan fingerprint density at radius 1 is 1.64 bits per heavy atom. The lowest BCUT2D eigenvalue weighted by Gasteiger charge is -2.21. The summed E-state index contributed by atoms with van der Waals surface area (Å²) in [5.41, 5.74) is -0.742.